The van der Waals surface area contributed by atoms with Crippen molar-refractivity contribution in [2.75, 3.05) is 19.7 Å². The number of halogens is 3. The van der Waals surface area contributed by atoms with E-state index >= 15 is 0 Å². The van der Waals surface area contributed by atoms with Crippen LogP contribution in [-0.4, -0.2) is 29.7 Å². The fourth-order valence-electron chi connectivity index (χ4n) is 2.45. The van der Waals surface area contributed by atoms with Crippen LogP contribution in [0.1, 0.15) is 16.7 Å². The van der Waals surface area contributed by atoms with E-state index in [9.17, 15) is 18.3 Å². The fraction of sp³-hybridized carbons (Fsp3) is 0.333. The molecule has 0 atom stereocenters. The van der Waals surface area contributed by atoms with Gasteiger partial charge in [-0.1, -0.05) is 48.5 Å². The first-order valence-corrected chi connectivity index (χ1v) is 7.52. The maximum atomic E-state index is 12.8. The number of hydrogen-bond acceptors (Lipinski definition) is 2. The molecule has 0 heterocycles. The van der Waals surface area contributed by atoms with E-state index in [-0.39, 0.29) is 6.61 Å². The zero-order valence-corrected chi connectivity index (χ0v) is 12.8. The molecule has 2 nitrogen and oxygen atoms in total. The van der Waals surface area contributed by atoms with Gasteiger partial charge in [-0.3, -0.25) is 4.90 Å². The minimum Gasteiger partial charge on any atom is -0.395 e. The quantitative estimate of drug-likeness (QED) is 0.839. The average molecular weight is 323 g/mol. The van der Waals surface area contributed by atoms with Gasteiger partial charge in [-0.05, 0) is 23.6 Å². The van der Waals surface area contributed by atoms with Gasteiger partial charge < -0.3 is 5.11 Å². The van der Waals surface area contributed by atoms with Gasteiger partial charge in [0.1, 0.15) is 0 Å². The first-order chi connectivity index (χ1) is 11.0. The Morgan fingerprint density at radius 3 is 2.22 bits per heavy atom. The van der Waals surface area contributed by atoms with Crippen molar-refractivity contribution in [3.05, 3.63) is 71.3 Å². The molecular formula is C18H20F3NO. The van der Waals surface area contributed by atoms with Crippen LogP contribution in [0.15, 0.2) is 54.6 Å². The van der Waals surface area contributed by atoms with Crippen molar-refractivity contribution >= 4 is 0 Å². The van der Waals surface area contributed by atoms with Crippen molar-refractivity contribution in [3.63, 3.8) is 0 Å². The highest BCUT2D eigenvalue weighted by atomic mass is 19.4. The van der Waals surface area contributed by atoms with Gasteiger partial charge in [0.15, 0.2) is 0 Å². The van der Waals surface area contributed by atoms with Gasteiger partial charge in [0.25, 0.3) is 0 Å². The van der Waals surface area contributed by atoms with E-state index in [1.54, 1.807) is 6.07 Å². The summed E-state index contributed by atoms with van der Waals surface area (Å²) in [6.45, 7) is 1.48. The van der Waals surface area contributed by atoms with Gasteiger partial charge in [0, 0.05) is 19.6 Å². The zero-order valence-electron chi connectivity index (χ0n) is 12.8. The van der Waals surface area contributed by atoms with Crippen LogP contribution < -0.4 is 0 Å². The van der Waals surface area contributed by atoms with Crippen LogP contribution in [0.5, 0.6) is 0 Å². The summed E-state index contributed by atoms with van der Waals surface area (Å²) in [4.78, 5) is 1.96. The summed E-state index contributed by atoms with van der Waals surface area (Å²) >= 11 is 0. The number of aliphatic hydroxyl groups excluding tert-OH is 1. The van der Waals surface area contributed by atoms with Crippen molar-refractivity contribution < 1.29 is 18.3 Å². The zero-order chi connectivity index (χ0) is 16.7. The summed E-state index contributed by atoms with van der Waals surface area (Å²) in [6, 6.07) is 15.2. The molecule has 0 aliphatic rings. The van der Waals surface area contributed by atoms with Crippen LogP contribution in [-0.2, 0) is 19.1 Å². The van der Waals surface area contributed by atoms with Crippen LogP contribution in [0.3, 0.4) is 0 Å². The largest absolute Gasteiger partial charge is 0.416 e. The van der Waals surface area contributed by atoms with Crippen molar-refractivity contribution in [2.45, 2.75) is 19.1 Å². The highest BCUT2D eigenvalue weighted by molar-refractivity contribution is 5.25. The molecular weight excluding hydrogens is 303 g/mol. The highest BCUT2D eigenvalue weighted by Crippen LogP contribution is 2.29. The minimum absolute atomic E-state index is 0.0201. The van der Waals surface area contributed by atoms with E-state index in [1.165, 1.54) is 17.7 Å². The second-order valence-electron chi connectivity index (χ2n) is 5.43. The van der Waals surface area contributed by atoms with E-state index in [0.717, 1.165) is 12.5 Å². The maximum absolute atomic E-state index is 12.8. The van der Waals surface area contributed by atoms with Crippen molar-refractivity contribution in [1.82, 2.24) is 4.90 Å². The molecule has 1 N–H and O–H groups in total. The van der Waals surface area contributed by atoms with Crippen molar-refractivity contribution in [3.8, 4) is 0 Å². The Morgan fingerprint density at radius 1 is 0.870 bits per heavy atom. The lowest BCUT2D eigenvalue weighted by Gasteiger charge is -2.22. The molecule has 0 aliphatic heterocycles. The molecule has 0 aromatic heterocycles. The molecule has 2 aromatic carbocycles. The predicted molar refractivity (Wildman–Crippen MR) is 84.0 cm³/mol. The molecule has 124 valence electrons. The molecule has 2 aromatic rings. The predicted octanol–water partition coefficient (Wildman–Crippen LogP) is 3.74. The van der Waals surface area contributed by atoms with Gasteiger partial charge in [0.05, 0.1) is 12.2 Å². The number of benzene rings is 2. The summed E-state index contributed by atoms with van der Waals surface area (Å²) in [7, 11) is 0. The third-order valence-electron chi connectivity index (χ3n) is 3.64. The standard InChI is InChI=1S/C18H20F3NO/c19-18(20,21)17-8-4-7-16(13-17)14-22(11-12-23)10-9-15-5-2-1-3-6-15/h1-8,13,23H,9-12,14H2. The van der Waals surface area contributed by atoms with Crippen molar-refractivity contribution in [2.24, 2.45) is 0 Å². The molecule has 0 fully saturated rings. The van der Waals surface area contributed by atoms with Crippen LogP contribution in [0.25, 0.3) is 0 Å². The third kappa shape index (κ3) is 5.69. The Labute approximate surface area is 134 Å². The van der Waals surface area contributed by atoms with Crippen molar-refractivity contribution in [1.29, 1.82) is 0 Å². The van der Waals surface area contributed by atoms with Gasteiger partial charge in [-0.2, -0.15) is 13.2 Å². The van der Waals surface area contributed by atoms with E-state index < -0.39 is 11.7 Å². The fourth-order valence-corrected chi connectivity index (χ4v) is 2.45. The number of rotatable bonds is 7. The number of alkyl halides is 3. The highest BCUT2D eigenvalue weighted by Gasteiger charge is 2.30. The van der Waals surface area contributed by atoms with Gasteiger partial charge >= 0.3 is 6.18 Å². The Hall–Kier alpha value is -1.85. The summed E-state index contributed by atoms with van der Waals surface area (Å²) in [6.07, 6.45) is -3.54. The van der Waals surface area contributed by atoms with Crippen LogP contribution in [0, 0.1) is 0 Å². The van der Waals surface area contributed by atoms with Crippen LogP contribution >= 0.6 is 0 Å². The molecule has 0 unspecified atom stereocenters. The summed E-state index contributed by atoms with van der Waals surface area (Å²) < 4.78 is 38.3. The molecule has 0 amide bonds. The van der Waals surface area contributed by atoms with E-state index in [2.05, 4.69) is 0 Å². The van der Waals surface area contributed by atoms with Crippen LogP contribution in [0.4, 0.5) is 13.2 Å². The summed E-state index contributed by atoms with van der Waals surface area (Å²) in [5.41, 5.74) is 1.13. The monoisotopic (exact) mass is 323 g/mol. The Kier molecular flexibility index (Phi) is 6.19. The second-order valence-corrected chi connectivity index (χ2v) is 5.43. The van der Waals surface area contributed by atoms with Crippen LogP contribution in [0.2, 0.25) is 0 Å². The minimum atomic E-state index is -4.33. The second kappa shape index (κ2) is 8.13. The maximum Gasteiger partial charge on any atom is 0.416 e. The molecule has 23 heavy (non-hydrogen) atoms. The van der Waals surface area contributed by atoms with E-state index in [4.69, 9.17) is 0 Å². The molecule has 2 rings (SSSR count). The molecule has 0 saturated heterocycles. The summed E-state index contributed by atoms with van der Waals surface area (Å²) in [5, 5.41) is 9.17. The van der Waals surface area contributed by atoms with Gasteiger partial charge in [-0.25, -0.2) is 0 Å². The van der Waals surface area contributed by atoms with E-state index in [1.807, 2.05) is 35.2 Å². The SMILES string of the molecule is OCCN(CCc1ccccc1)Cc1cccc(C(F)(F)F)c1. The summed E-state index contributed by atoms with van der Waals surface area (Å²) in [5.74, 6) is 0. The molecule has 5 heteroatoms. The first kappa shape index (κ1) is 17.5. The Balaban J connectivity index is 2.01. The Bertz CT molecular complexity index is 599. The lowest BCUT2D eigenvalue weighted by Crippen LogP contribution is -2.28. The normalized spacial score (nSPS) is 11.9. The smallest absolute Gasteiger partial charge is 0.395 e. The lowest BCUT2D eigenvalue weighted by atomic mass is 10.1. The lowest BCUT2D eigenvalue weighted by molar-refractivity contribution is -0.137. The topological polar surface area (TPSA) is 23.5 Å². The molecule has 0 bridgehead atoms. The molecule has 0 spiro atoms. The average Bonchev–Trinajstić information content (AvgIpc) is 2.53. The molecule has 0 radical (unpaired) electrons. The van der Waals surface area contributed by atoms with Gasteiger partial charge in [-0.15, -0.1) is 0 Å². The third-order valence-corrected chi connectivity index (χ3v) is 3.64. The number of hydrogen-bond donors (Lipinski definition) is 1. The number of nitrogens with zero attached hydrogens (tertiary/aromatic N) is 1. The molecule has 0 aliphatic carbocycles. The Morgan fingerprint density at radius 2 is 1.57 bits per heavy atom. The van der Waals surface area contributed by atoms with Gasteiger partial charge in [0.2, 0.25) is 0 Å². The number of aliphatic hydroxyl groups is 1. The first-order valence-electron chi connectivity index (χ1n) is 7.52. The molecule has 0 saturated carbocycles. The van der Waals surface area contributed by atoms with E-state index in [0.29, 0.717) is 25.2 Å².